The van der Waals surface area contributed by atoms with Crippen molar-refractivity contribution in [2.24, 2.45) is 0 Å². The van der Waals surface area contributed by atoms with Crippen LogP contribution in [0.25, 0.3) is 0 Å². The fraction of sp³-hybridized carbons (Fsp3) is 0.667. The first-order chi connectivity index (χ1) is 11.3. The first kappa shape index (κ1) is 16.6. The fourth-order valence-corrected chi connectivity index (χ4v) is 3.50. The van der Waals surface area contributed by atoms with Crippen LogP contribution >= 0.6 is 0 Å². The molecule has 1 atom stereocenters. The number of nitrogens with one attached hydrogen (secondary N) is 1. The highest BCUT2D eigenvalue weighted by molar-refractivity contribution is 5.64. The lowest BCUT2D eigenvalue weighted by Gasteiger charge is -2.32. The standard InChI is InChI=1S/C18H30N4O/c1-2-17-14-21(11-12-23-17)9-6-20-7-10-22-8-5-15-3-4-16(19)13-18(15)22/h3-4,13,17,20H,2,5-12,14,19H2,1H3. The summed E-state index contributed by atoms with van der Waals surface area (Å²) in [5.74, 6) is 0. The molecule has 0 aliphatic carbocycles. The van der Waals surface area contributed by atoms with Gasteiger partial charge in [-0.2, -0.15) is 0 Å². The minimum Gasteiger partial charge on any atom is -0.399 e. The zero-order valence-corrected chi connectivity index (χ0v) is 14.3. The number of hydrogen-bond donors (Lipinski definition) is 2. The van der Waals surface area contributed by atoms with Gasteiger partial charge in [-0.3, -0.25) is 4.90 Å². The second-order valence-electron chi connectivity index (χ2n) is 6.58. The molecule has 1 aromatic rings. The molecular weight excluding hydrogens is 288 g/mol. The van der Waals surface area contributed by atoms with E-state index in [9.17, 15) is 0 Å². The van der Waals surface area contributed by atoms with Crippen LogP contribution in [0.1, 0.15) is 18.9 Å². The average Bonchev–Trinajstić information content (AvgIpc) is 2.97. The Morgan fingerprint density at radius 3 is 3.00 bits per heavy atom. The molecule has 2 aliphatic heterocycles. The van der Waals surface area contributed by atoms with Crippen molar-refractivity contribution in [2.45, 2.75) is 25.9 Å². The first-order valence-corrected chi connectivity index (χ1v) is 8.94. The average molecular weight is 318 g/mol. The van der Waals surface area contributed by atoms with Crippen LogP contribution in [0.5, 0.6) is 0 Å². The largest absolute Gasteiger partial charge is 0.399 e. The van der Waals surface area contributed by atoms with Gasteiger partial charge >= 0.3 is 0 Å². The number of nitrogens with two attached hydrogens (primary N) is 1. The van der Waals surface area contributed by atoms with E-state index in [0.717, 1.165) is 70.9 Å². The van der Waals surface area contributed by atoms with Gasteiger partial charge in [-0.1, -0.05) is 13.0 Å². The maximum absolute atomic E-state index is 5.92. The molecule has 0 amide bonds. The number of rotatable bonds is 7. The summed E-state index contributed by atoms with van der Waals surface area (Å²) in [6.07, 6.45) is 2.68. The highest BCUT2D eigenvalue weighted by atomic mass is 16.5. The van der Waals surface area contributed by atoms with Crippen LogP contribution < -0.4 is 16.0 Å². The van der Waals surface area contributed by atoms with Crippen molar-refractivity contribution in [2.75, 3.05) is 63.1 Å². The minimum absolute atomic E-state index is 0.426. The Morgan fingerprint density at radius 2 is 2.13 bits per heavy atom. The molecule has 5 heteroatoms. The van der Waals surface area contributed by atoms with E-state index in [1.807, 2.05) is 6.07 Å². The number of ether oxygens (including phenoxy) is 1. The van der Waals surface area contributed by atoms with E-state index in [2.05, 4.69) is 34.2 Å². The van der Waals surface area contributed by atoms with Crippen LogP contribution in [0.2, 0.25) is 0 Å². The van der Waals surface area contributed by atoms with Crippen LogP contribution in [0.15, 0.2) is 18.2 Å². The van der Waals surface area contributed by atoms with Gasteiger partial charge in [-0.15, -0.1) is 0 Å². The van der Waals surface area contributed by atoms with E-state index in [1.165, 1.54) is 11.3 Å². The molecule has 1 fully saturated rings. The zero-order valence-electron chi connectivity index (χ0n) is 14.3. The molecule has 0 bridgehead atoms. The Kier molecular flexibility index (Phi) is 5.75. The van der Waals surface area contributed by atoms with E-state index in [1.54, 1.807) is 0 Å². The Hall–Kier alpha value is -1.30. The van der Waals surface area contributed by atoms with Crippen molar-refractivity contribution in [3.05, 3.63) is 23.8 Å². The molecule has 23 heavy (non-hydrogen) atoms. The fourth-order valence-electron chi connectivity index (χ4n) is 3.50. The molecule has 1 aromatic carbocycles. The van der Waals surface area contributed by atoms with Crippen molar-refractivity contribution in [3.8, 4) is 0 Å². The number of hydrogen-bond acceptors (Lipinski definition) is 5. The number of nitrogens with zero attached hydrogens (tertiary/aromatic N) is 2. The van der Waals surface area contributed by atoms with Gasteiger partial charge in [0.25, 0.3) is 0 Å². The zero-order chi connectivity index (χ0) is 16.1. The van der Waals surface area contributed by atoms with Crippen molar-refractivity contribution in [1.82, 2.24) is 10.2 Å². The van der Waals surface area contributed by atoms with Gasteiger partial charge in [-0.05, 0) is 30.5 Å². The molecule has 3 rings (SSSR count). The minimum atomic E-state index is 0.426. The van der Waals surface area contributed by atoms with Gasteiger partial charge in [-0.25, -0.2) is 0 Å². The normalized spacial score (nSPS) is 21.6. The summed E-state index contributed by atoms with van der Waals surface area (Å²) in [6, 6.07) is 6.29. The van der Waals surface area contributed by atoms with E-state index < -0.39 is 0 Å². The summed E-state index contributed by atoms with van der Waals surface area (Å²) in [6.45, 7) is 10.6. The molecule has 5 nitrogen and oxygen atoms in total. The molecule has 0 radical (unpaired) electrons. The molecule has 1 saturated heterocycles. The molecule has 0 spiro atoms. The highest BCUT2D eigenvalue weighted by Gasteiger charge is 2.19. The third-order valence-electron chi connectivity index (χ3n) is 4.94. The van der Waals surface area contributed by atoms with Crippen LogP contribution in [0, 0.1) is 0 Å². The number of benzene rings is 1. The second kappa shape index (κ2) is 7.99. The highest BCUT2D eigenvalue weighted by Crippen LogP contribution is 2.29. The number of nitrogen functional groups attached to an aromatic ring is 1. The molecule has 3 N–H and O–H groups in total. The van der Waals surface area contributed by atoms with E-state index in [4.69, 9.17) is 10.5 Å². The van der Waals surface area contributed by atoms with Gasteiger partial charge in [0, 0.05) is 57.2 Å². The third-order valence-corrected chi connectivity index (χ3v) is 4.94. The Labute approximate surface area is 139 Å². The summed E-state index contributed by atoms with van der Waals surface area (Å²) in [4.78, 5) is 4.96. The van der Waals surface area contributed by atoms with Crippen molar-refractivity contribution in [3.63, 3.8) is 0 Å². The van der Waals surface area contributed by atoms with Crippen LogP contribution in [0.3, 0.4) is 0 Å². The molecule has 0 aromatic heterocycles. The van der Waals surface area contributed by atoms with Gasteiger partial charge < -0.3 is 20.7 Å². The summed E-state index contributed by atoms with van der Waals surface area (Å²) < 4.78 is 5.72. The second-order valence-corrected chi connectivity index (χ2v) is 6.58. The lowest BCUT2D eigenvalue weighted by atomic mass is 10.1. The smallest absolute Gasteiger partial charge is 0.0700 e. The molecule has 0 saturated carbocycles. The monoisotopic (exact) mass is 318 g/mol. The SMILES string of the molecule is CCC1CN(CCNCCN2CCc3ccc(N)cc32)CCO1. The molecular formula is C18H30N4O. The van der Waals surface area contributed by atoms with Crippen molar-refractivity contribution in [1.29, 1.82) is 0 Å². The Balaban J connectivity index is 1.34. The lowest BCUT2D eigenvalue weighted by Crippen LogP contribution is -2.45. The maximum atomic E-state index is 5.92. The van der Waals surface area contributed by atoms with E-state index >= 15 is 0 Å². The van der Waals surface area contributed by atoms with Crippen molar-refractivity contribution < 1.29 is 4.74 Å². The Morgan fingerprint density at radius 1 is 1.26 bits per heavy atom. The summed E-state index contributed by atoms with van der Waals surface area (Å²) in [7, 11) is 0. The van der Waals surface area contributed by atoms with Crippen LogP contribution in [-0.2, 0) is 11.2 Å². The van der Waals surface area contributed by atoms with E-state index in [0.29, 0.717) is 6.10 Å². The molecule has 2 heterocycles. The number of anilines is 2. The van der Waals surface area contributed by atoms with Crippen LogP contribution in [0.4, 0.5) is 11.4 Å². The quantitative estimate of drug-likeness (QED) is 0.587. The first-order valence-electron chi connectivity index (χ1n) is 8.94. The van der Waals surface area contributed by atoms with Crippen LogP contribution in [-0.4, -0.2) is 63.4 Å². The van der Waals surface area contributed by atoms with Gasteiger partial charge in [0.1, 0.15) is 0 Å². The lowest BCUT2D eigenvalue weighted by molar-refractivity contribution is -0.0290. The number of fused-ring (bicyclic) bond motifs is 1. The van der Waals surface area contributed by atoms with Gasteiger partial charge in [0.05, 0.1) is 12.7 Å². The van der Waals surface area contributed by atoms with Gasteiger partial charge in [0.15, 0.2) is 0 Å². The summed E-state index contributed by atoms with van der Waals surface area (Å²) in [5, 5.41) is 3.58. The predicted octanol–water partition coefficient (Wildman–Crippen LogP) is 1.33. The van der Waals surface area contributed by atoms with Gasteiger partial charge in [0.2, 0.25) is 0 Å². The predicted molar refractivity (Wildman–Crippen MR) is 96.1 cm³/mol. The topological polar surface area (TPSA) is 53.8 Å². The third kappa shape index (κ3) is 4.37. The van der Waals surface area contributed by atoms with E-state index in [-0.39, 0.29) is 0 Å². The van der Waals surface area contributed by atoms with Crippen molar-refractivity contribution >= 4 is 11.4 Å². The number of morpholine rings is 1. The Bertz CT molecular complexity index is 508. The molecule has 2 aliphatic rings. The summed E-state index contributed by atoms with van der Waals surface area (Å²) >= 11 is 0. The molecule has 128 valence electrons. The maximum Gasteiger partial charge on any atom is 0.0700 e. The molecule has 1 unspecified atom stereocenters. The summed E-state index contributed by atoms with van der Waals surface area (Å²) in [5.41, 5.74) is 9.53.